The Morgan fingerprint density at radius 1 is 1.08 bits per heavy atom. The van der Waals surface area contributed by atoms with Crippen molar-refractivity contribution in [3.05, 3.63) is 0 Å². The van der Waals surface area contributed by atoms with E-state index in [0.717, 1.165) is 0 Å². The molecule has 4 rings (SSSR count). The minimum Gasteiger partial charge on any atom is -0.597 e. The fourth-order valence-corrected chi connectivity index (χ4v) is 8.00. The highest BCUT2D eigenvalue weighted by Crippen LogP contribution is 2.29. The van der Waals surface area contributed by atoms with E-state index in [1.54, 1.807) is 13.8 Å². The van der Waals surface area contributed by atoms with E-state index in [1.165, 1.54) is 4.31 Å². The molecule has 222 valence electrons. The summed E-state index contributed by atoms with van der Waals surface area (Å²) in [5.74, 6) is 0. The molecule has 10 unspecified atom stereocenters. The van der Waals surface area contributed by atoms with Gasteiger partial charge < -0.3 is 9.29 Å². The highest BCUT2D eigenvalue weighted by molar-refractivity contribution is 7.96. The quantitative estimate of drug-likeness (QED) is 0.134. The number of sulfonamides is 1. The molecule has 4 aliphatic rings. The highest BCUT2D eigenvalue weighted by atomic mass is 35.5. The molecule has 6 N–H and O–H groups in total. The predicted octanol–water partition coefficient (Wildman–Crippen LogP) is 0.565. The maximum absolute atomic E-state index is 13.8. The van der Waals surface area contributed by atoms with Crippen molar-refractivity contribution in [1.82, 2.24) is 36.4 Å². The number of alkyl halides is 5. The third-order valence-electron chi connectivity index (χ3n) is 7.43. The molecule has 0 bridgehead atoms. The van der Waals surface area contributed by atoms with Gasteiger partial charge in [-0.2, -0.15) is 18.7 Å². The molecule has 17 heteroatoms. The molecule has 3 aliphatic heterocycles. The van der Waals surface area contributed by atoms with Crippen LogP contribution in [0.3, 0.4) is 0 Å². The second-order valence-corrected chi connectivity index (χ2v) is 13.1. The van der Waals surface area contributed by atoms with Crippen LogP contribution in [0.4, 0.5) is 17.6 Å². The standard InChI is InChI=1S/C21H38ClF4N7O4S/c1-11-17(12(2)37-32-11)38(34,35)33-7-5-13(6-8-33)27-18-29-19(28-14-3-4-16(23)15(22)9-14)31-20(30-18)36-10-21(24,25)26/h11-20,27-32H,3-10H2,1-2H3. The van der Waals surface area contributed by atoms with Crippen LogP contribution in [0.25, 0.3) is 0 Å². The van der Waals surface area contributed by atoms with Crippen molar-refractivity contribution in [3.63, 3.8) is 0 Å². The van der Waals surface area contributed by atoms with Crippen molar-refractivity contribution in [2.75, 3.05) is 19.7 Å². The van der Waals surface area contributed by atoms with Crippen molar-refractivity contribution in [2.24, 2.45) is 0 Å². The van der Waals surface area contributed by atoms with Crippen LogP contribution in [0.1, 0.15) is 46.0 Å². The van der Waals surface area contributed by atoms with Crippen molar-refractivity contribution in [2.45, 2.75) is 112 Å². The molecule has 3 heterocycles. The average Bonchev–Trinajstić information content (AvgIpc) is 3.18. The second kappa shape index (κ2) is 12.7. The van der Waals surface area contributed by atoms with Gasteiger partial charge in [-0.05, 0) is 46.0 Å². The summed E-state index contributed by atoms with van der Waals surface area (Å²) in [5, 5.41) is 14.3. The van der Waals surface area contributed by atoms with Gasteiger partial charge in [0.05, 0.1) is 11.4 Å². The van der Waals surface area contributed by atoms with Crippen LogP contribution in [-0.2, 0) is 24.2 Å². The normalized spacial score (nSPS) is 41.7. The van der Waals surface area contributed by atoms with E-state index >= 15 is 0 Å². The molecule has 0 aromatic heterocycles. The monoisotopic (exact) mass is 595 g/mol. The van der Waals surface area contributed by atoms with Gasteiger partial charge in [0.1, 0.15) is 41.9 Å². The lowest BCUT2D eigenvalue weighted by atomic mass is 9.93. The lowest BCUT2D eigenvalue weighted by molar-refractivity contribution is -0.199. The molecule has 38 heavy (non-hydrogen) atoms. The molecule has 0 amide bonds. The number of piperidine rings is 1. The summed E-state index contributed by atoms with van der Waals surface area (Å²) >= 11 is 6.08. The Kier molecular flexibility index (Phi) is 10.3. The Bertz CT molecular complexity index is 821. The van der Waals surface area contributed by atoms with Crippen LogP contribution in [0.2, 0.25) is 0 Å². The molecule has 1 aliphatic carbocycles. The first-order valence-corrected chi connectivity index (χ1v) is 14.9. The van der Waals surface area contributed by atoms with Crippen molar-refractivity contribution in [3.8, 4) is 0 Å². The number of hydroxylamine groups is 1. The van der Waals surface area contributed by atoms with Gasteiger partial charge in [0.15, 0.2) is 11.6 Å². The van der Waals surface area contributed by atoms with Gasteiger partial charge >= 0.3 is 6.18 Å². The van der Waals surface area contributed by atoms with E-state index in [4.69, 9.17) is 21.2 Å². The zero-order valence-corrected chi connectivity index (χ0v) is 22.9. The van der Waals surface area contributed by atoms with Crippen LogP contribution in [-0.4, -0.2) is 94.7 Å². The largest absolute Gasteiger partial charge is 0.597 e. The average molecular weight is 596 g/mol. The summed E-state index contributed by atoms with van der Waals surface area (Å²) in [6.45, 7) is 2.66. The van der Waals surface area contributed by atoms with Crippen LogP contribution < -0.4 is 32.1 Å². The molecular weight excluding hydrogens is 558 g/mol. The van der Waals surface area contributed by atoms with Gasteiger partial charge in [-0.3, -0.25) is 31.4 Å². The summed E-state index contributed by atoms with van der Waals surface area (Å²) < 4.78 is 84.9. The zero-order valence-electron chi connectivity index (χ0n) is 21.3. The van der Waals surface area contributed by atoms with Gasteiger partial charge in [0, 0.05) is 25.2 Å². The predicted molar refractivity (Wildman–Crippen MR) is 132 cm³/mol. The van der Waals surface area contributed by atoms with Crippen molar-refractivity contribution in [1.29, 1.82) is 0 Å². The fraction of sp³-hybridized carbons (Fsp3) is 1.00. The molecule has 10 atom stereocenters. The molecule has 3 saturated heterocycles. The summed E-state index contributed by atoms with van der Waals surface area (Å²) in [5.41, 5.74) is 2.73. The van der Waals surface area contributed by atoms with Crippen LogP contribution in [0.5, 0.6) is 0 Å². The second-order valence-electron chi connectivity index (χ2n) is 10.5. The van der Waals surface area contributed by atoms with Gasteiger partial charge in [0.25, 0.3) is 0 Å². The third-order valence-corrected chi connectivity index (χ3v) is 10.4. The Labute approximate surface area is 226 Å². The van der Waals surface area contributed by atoms with Gasteiger partial charge in [0.2, 0.25) is 0 Å². The number of ether oxygens (including phenoxy) is 1. The van der Waals surface area contributed by atoms with Crippen molar-refractivity contribution >= 4 is 22.0 Å². The van der Waals surface area contributed by atoms with Crippen LogP contribution in [0.15, 0.2) is 0 Å². The first-order valence-electron chi connectivity index (χ1n) is 13.0. The maximum Gasteiger partial charge on any atom is 0.411 e. The summed E-state index contributed by atoms with van der Waals surface area (Å²) in [4.78, 5) is 5.30. The van der Waals surface area contributed by atoms with Crippen molar-refractivity contribution < 1.29 is 35.9 Å². The molecule has 4 fully saturated rings. The number of hydrogen-bond acceptors (Lipinski definition) is 10. The van der Waals surface area contributed by atoms with E-state index in [2.05, 4.69) is 32.1 Å². The van der Waals surface area contributed by atoms with Crippen LogP contribution in [0, 0.1) is 0 Å². The third kappa shape index (κ3) is 7.94. The zero-order chi connectivity index (χ0) is 27.7. The number of nitrogens with zero attached hydrogens (tertiary/aromatic N) is 1. The topological polar surface area (TPSA) is 134 Å². The minimum absolute atomic E-state index is 0.101. The molecule has 0 aromatic carbocycles. The highest BCUT2D eigenvalue weighted by Gasteiger charge is 2.49. The van der Waals surface area contributed by atoms with E-state index < -0.39 is 65.0 Å². The summed E-state index contributed by atoms with van der Waals surface area (Å²) in [6.07, 6.45) is -6.23. The SMILES string of the molecule is CC1NOC(C)C1[S+](=O)([O-])N1CCC(NC2NC(NC3CCC(F)C(Cl)C3)NC(OCC(F)(F)F)N2)CC1. The molecule has 0 spiro atoms. The number of rotatable bonds is 8. The minimum atomic E-state index is -4.50. The molecule has 1 saturated carbocycles. The Morgan fingerprint density at radius 3 is 2.26 bits per heavy atom. The Morgan fingerprint density at radius 2 is 1.71 bits per heavy atom. The molecule has 11 nitrogen and oxygen atoms in total. The van der Waals surface area contributed by atoms with E-state index in [1.807, 2.05) is 0 Å². The molecule has 0 radical (unpaired) electrons. The smallest absolute Gasteiger partial charge is 0.411 e. The maximum atomic E-state index is 13.8. The van der Waals surface area contributed by atoms with E-state index in [-0.39, 0.29) is 18.1 Å². The van der Waals surface area contributed by atoms with Crippen LogP contribution >= 0.6 is 11.6 Å². The number of halogens is 5. The summed E-state index contributed by atoms with van der Waals surface area (Å²) in [7, 11) is -3.58. The summed E-state index contributed by atoms with van der Waals surface area (Å²) in [6, 6.07) is -0.569. The Balaban J connectivity index is 1.32. The van der Waals surface area contributed by atoms with Gasteiger partial charge in [-0.1, -0.05) is 4.21 Å². The first kappa shape index (κ1) is 30.7. The van der Waals surface area contributed by atoms with Gasteiger partial charge in [-0.25, -0.2) is 4.39 Å². The lowest BCUT2D eigenvalue weighted by Gasteiger charge is -2.43. The van der Waals surface area contributed by atoms with Gasteiger partial charge in [-0.15, -0.1) is 15.9 Å². The number of nitrogens with one attached hydrogen (secondary N) is 6. The Hall–Kier alpha value is -0.240. The molecule has 0 aromatic rings. The van der Waals surface area contributed by atoms with E-state index in [9.17, 15) is 26.3 Å². The first-order chi connectivity index (χ1) is 17.8. The fourth-order valence-electron chi connectivity index (χ4n) is 5.49. The molecular formula is C21H38ClF4N7O4S. The van der Waals surface area contributed by atoms with E-state index in [0.29, 0.717) is 45.2 Å². The lowest BCUT2D eigenvalue weighted by Crippen LogP contribution is -2.76. The number of hydrogen-bond donors (Lipinski definition) is 6.